The summed E-state index contributed by atoms with van der Waals surface area (Å²) in [7, 11) is 4.92. The van der Waals surface area contributed by atoms with Crippen LogP contribution in [0.25, 0.3) is 0 Å². The van der Waals surface area contributed by atoms with Crippen molar-refractivity contribution in [3.8, 4) is 11.5 Å². The first-order chi connectivity index (χ1) is 17.5. The molecule has 7 nitrogen and oxygen atoms in total. The molecule has 0 unspecified atom stereocenters. The lowest BCUT2D eigenvalue weighted by Crippen LogP contribution is -2.32. The molecule has 0 bridgehead atoms. The second kappa shape index (κ2) is 11.7. The molecule has 0 aliphatic rings. The van der Waals surface area contributed by atoms with Crippen molar-refractivity contribution in [1.29, 1.82) is 0 Å². The molecular weight excluding hydrogens is 479 g/mol. The Morgan fingerprint density at radius 2 is 1.72 bits per heavy atom. The van der Waals surface area contributed by atoms with E-state index in [4.69, 9.17) is 9.47 Å². The van der Waals surface area contributed by atoms with Crippen LogP contribution in [-0.2, 0) is 19.2 Å². The number of ether oxygens (including phenoxy) is 2. The topological polar surface area (TPSA) is 78.3 Å². The van der Waals surface area contributed by atoms with Crippen molar-refractivity contribution in [3.05, 3.63) is 101 Å². The zero-order valence-corrected chi connectivity index (χ0v) is 21.1. The van der Waals surface area contributed by atoms with Crippen molar-refractivity contribution >= 4 is 17.7 Å². The number of nitrogens with one attached hydrogen (secondary N) is 1. The molecule has 1 N–H and O–H groups in total. The number of nitrogens with zero attached hydrogens (tertiary/aromatic N) is 3. The molecule has 4 aromatic rings. The zero-order valence-electron chi connectivity index (χ0n) is 20.3. The van der Waals surface area contributed by atoms with Gasteiger partial charge in [-0.15, -0.1) is 10.2 Å². The monoisotopic (exact) mass is 506 g/mol. The molecular formula is C27H27FN4O3S. The fourth-order valence-electron chi connectivity index (χ4n) is 3.79. The lowest BCUT2D eigenvalue weighted by molar-refractivity contribution is 0.0933. The molecule has 1 heterocycles. The fraction of sp³-hybridized carbons (Fsp3) is 0.222. The summed E-state index contributed by atoms with van der Waals surface area (Å²) in [5.74, 6) is 1.50. The number of thioether (sulfide) groups is 1. The van der Waals surface area contributed by atoms with Crippen molar-refractivity contribution in [3.63, 3.8) is 0 Å². The molecule has 3 aromatic carbocycles. The third-order valence-corrected chi connectivity index (χ3v) is 6.80. The van der Waals surface area contributed by atoms with Gasteiger partial charge in [0.15, 0.2) is 22.5 Å². The van der Waals surface area contributed by atoms with E-state index in [1.165, 1.54) is 24.9 Å². The minimum atomic E-state index is -0.451. The van der Waals surface area contributed by atoms with Gasteiger partial charge in [-0.25, -0.2) is 4.39 Å². The number of benzene rings is 3. The van der Waals surface area contributed by atoms with Crippen LogP contribution >= 0.6 is 11.8 Å². The largest absolute Gasteiger partial charge is 0.493 e. The van der Waals surface area contributed by atoms with Crippen molar-refractivity contribution < 1.29 is 18.7 Å². The average Bonchev–Trinajstić information content (AvgIpc) is 3.27. The number of hydrogen-bond acceptors (Lipinski definition) is 6. The van der Waals surface area contributed by atoms with Crippen molar-refractivity contribution in [2.75, 3.05) is 14.2 Å². The van der Waals surface area contributed by atoms with Crippen LogP contribution in [0, 0.1) is 5.82 Å². The van der Waals surface area contributed by atoms with Crippen LogP contribution in [0.1, 0.15) is 33.4 Å². The summed E-state index contributed by atoms with van der Waals surface area (Å²) in [6.45, 7) is 0. The van der Waals surface area contributed by atoms with Crippen LogP contribution in [0.2, 0.25) is 0 Å². The Morgan fingerprint density at radius 1 is 1.00 bits per heavy atom. The van der Waals surface area contributed by atoms with E-state index in [2.05, 4.69) is 15.5 Å². The number of rotatable bonds is 10. The number of carbonyl (C=O) groups is 1. The maximum Gasteiger partial charge on any atom is 0.252 e. The lowest BCUT2D eigenvalue weighted by atomic mass is 10.0. The van der Waals surface area contributed by atoms with Crippen LogP contribution in [-0.4, -0.2) is 34.9 Å². The molecule has 0 aliphatic carbocycles. The SMILES string of the molecule is COc1ccc(C(=O)N[C@@H](Cc2ccccc2)c2nnc(SCc3ccccc3F)n2C)cc1OC. The van der Waals surface area contributed by atoms with E-state index in [0.29, 0.717) is 45.8 Å². The molecule has 9 heteroatoms. The third kappa shape index (κ3) is 5.85. The smallest absolute Gasteiger partial charge is 0.252 e. The molecule has 4 rings (SSSR count). The molecule has 36 heavy (non-hydrogen) atoms. The van der Waals surface area contributed by atoms with Gasteiger partial charge >= 0.3 is 0 Å². The van der Waals surface area contributed by atoms with Gasteiger partial charge in [-0.3, -0.25) is 4.79 Å². The Bertz CT molecular complexity index is 1330. The molecule has 0 saturated carbocycles. The first-order valence-electron chi connectivity index (χ1n) is 11.3. The predicted octanol–water partition coefficient (Wildman–Crippen LogP) is 4.98. The normalized spacial score (nSPS) is 11.7. The highest BCUT2D eigenvalue weighted by molar-refractivity contribution is 7.98. The summed E-state index contributed by atoms with van der Waals surface area (Å²) in [6, 6.07) is 21.1. The maximum absolute atomic E-state index is 14.1. The van der Waals surface area contributed by atoms with E-state index in [1.807, 2.05) is 41.9 Å². The summed E-state index contributed by atoms with van der Waals surface area (Å²) in [6.07, 6.45) is 0.518. The molecule has 1 amide bonds. The Balaban J connectivity index is 1.58. The first kappa shape index (κ1) is 25.2. The Hall–Kier alpha value is -3.85. The van der Waals surface area contributed by atoms with E-state index in [9.17, 15) is 9.18 Å². The van der Waals surface area contributed by atoms with Gasteiger partial charge in [0.1, 0.15) is 5.82 Å². The Kier molecular flexibility index (Phi) is 8.22. The van der Waals surface area contributed by atoms with Crippen molar-refractivity contribution in [1.82, 2.24) is 20.1 Å². The van der Waals surface area contributed by atoms with Gasteiger partial charge in [-0.1, -0.05) is 60.3 Å². The standard InChI is InChI=1S/C27H27FN4O3S/c1-32-25(30-31-27(32)36-17-20-11-7-8-12-21(20)28)22(15-18-9-5-4-6-10-18)29-26(33)19-13-14-23(34-2)24(16-19)35-3/h4-14,16,22H,15,17H2,1-3H3,(H,29,33)/t22-/m0/s1. The fourth-order valence-corrected chi connectivity index (χ4v) is 4.69. The number of halogens is 1. The van der Waals surface area contributed by atoms with Crippen LogP contribution in [0.3, 0.4) is 0 Å². The van der Waals surface area contributed by atoms with Crippen LogP contribution in [0.5, 0.6) is 11.5 Å². The van der Waals surface area contributed by atoms with E-state index in [0.717, 1.165) is 5.56 Å². The van der Waals surface area contributed by atoms with Crippen molar-refractivity contribution in [2.24, 2.45) is 7.05 Å². The molecule has 0 fully saturated rings. The first-order valence-corrected chi connectivity index (χ1v) is 12.3. The second-order valence-electron chi connectivity index (χ2n) is 8.07. The Labute approximate surface area is 213 Å². The quantitative estimate of drug-likeness (QED) is 0.306. The molecule has 0 saturated heterocycles. The number of amides is 1. The minimum absolute atomic E-state index is 0.253. The molecule has 1 atom stereocenters. The highest BCUT2D eigenvalue weighted by atomic mass is 32.2. The highest BCUT2D eigenvalue weighted by Gasteiger charge is 2.24. The molecule has 0 aliphatic heterocycles. The van der Waals surface area contributed by atoms with Gasteiger partial charge in [-0.2, -0.15) is 0 Å². The van der Waals surface area contributed by atoms with Gasteiger partial charge in [-0.05, 0) is 41.8 Å². The molecule has 1 aromatic heterocycles. The van der Waals surface area contributed by atoms with Gasteiger partial charge < -0.3 is 19.4 Å². The number of hydrogen-bond donors (Lipinski definition) is 1. The predicted molar refractivity (Wildman–Crippen MR) is 137 cm³/mol. The molecule has 0 spiro atoms. The number of aromatic nitrogens is 3. The number of methoxy groups -OCH3 is 2. The average molecular weight is 507 g/mol. The molecule has 0 radical (unpaired) electrons. The lowest BCUT2D eigenvalue weighted by Gasteiger charge is -2.19. The highest BCUT2D eigenvalue weighted by Crippen LogP contribution is 2.29. The van der Waals surface area contributed by atoms with E-state index in [-0.39, 0.29) is 11.7 Å². The van der Waals surface area contributed by atoms with E-state index in [1.54, 1.807) is 43.5 Å². The summed E-state index contributed by atoms with van der Waals surface area (Å²) in [5.41, 5.74) is 2.07. The van der Waals surface area contributed by atoms with Gasteiger partial charge in [0, 0.05) is 18.4 Å². The minimum Gasteiger partial charge on any atom is -0.493 e. The third-order valence-electron chi connectivity index (χ3n) is 5.73. The van der Waals surface area contributed by atoms with Crippen LogP contribution < -0.4 is 14.8 Å². The van der Waals surface area contributed by atoms with Crippen molar-refractivity contribution in [2.45, 2.75) is 23.4 Å². The van der Waals surface area contributed by atoms with Crippen LogP contribution in [0.15, 0.2) is 78.0 Å². The Morgan fingerprint density at radius 3 is 2.44 bits per heavy atom. The summed E-state index contributed by atoms with van der Waals surface area (Å²) < 4.78 is 26.5. The summed E-state index contributed by atoms with van der Waals surface area (Å²) >= 11 is 1.39. The van der Waals surface area contributed by atoms with Gasteiger partial charge in [0.2, 0.25) is 0 Å². The zero-order chi connectivity index (χ0) is 25.5. The van der Waals surface area contributed by atoms with E-state index >= 15 is 0 Å². The van der Waals surface area contributed by atoms with Crippen LogP contribution in [0.4, 0.5) is 4.39 Å². The summed E-state index contributed by atoms with van der Waals surface area (Å²) in [5, 5.41) is 12.4. The molecule has 186 valence electrons. The summed E-state index contributed by atoms with van der Waals surface area (Å²) in [4.78, 5) is 13.2. The number of carbonyl (C=O) groups excluding carboxylic acids is 1. The van der Waals surface area contributed by atoms with Gasteiger partial charge in [0.25, 0.3) is 5.91 Å². The second-order valence-corrected chi connectivity index (χ2v) is 9.01. The maximum atomic E-state index is 14.1. The van der Waals surface area contributed by atoms with Gasteiger partial charge in [0.05, 0.1) is 20.3 Å². The van der Waals surface area contributed by atoms with E-state index < -0.39 is 6.04 Å².